The highest BCUT2D eigenvalue weighted by atomic mass is 16.5. The number of ether oxygens (including phenoxy) is 1. The molecule has 156 valence electrons. The van der Waals surface area contributed by atoms with Gasteiger partial charge in [0.05, 0.1) is 6.10 Å². The summed E-state index contributed by atoms with van der Waals surface area (Å²) in [4.78, 5) is 26.5. The number of hydrogen-bond acceptors (Lipinski definition) is 6. The van der Waals surface area contributed by atoms with Crippen molar-refractivity contribution in [1.82, 2.24) is 24.4 Å². The first-order valence-electron chi connectivity index (χ1n) is 10.6. The van der Waals surface area contributed by atoms with Gasteiger partial charge in [-0.05, 0) is 58.9 Å². The molecule has 1 aliphatic rings. The number of aromatic amines is 1. The van der Waals surface area contributed by atoms with E-state index in [0.717, 1.165) is 25.8 Å². The Hall–Kier alpha value is -2.09. The lowest BCUT2D eigenvalue weighted by molar-refractivity contribution is 0.133. The molecular formula is C20H34N6O2. The third-order valence-corrected chi connectivity index (χ3v) is 5.67. The standard InChI is InChI=1S/C20H34N6O2/c1-5-7-14(4)28-19-23-17(21)16-18(24-19)26(20(27)22-16)11-9-15-8-6-10-25(12-15)13(2)3/h13-15H,5-12H2,1-4H3,(H,22,27)(H2,21,23,24)/t14-,15?/m0/s1. The molecule has 0 amide bonds. The van der Waals surface area contributed by atoms with E-state index in [9.17, 15) is 4.79 Å². The number of fused-ring (bicyclic) bond motifs is 1. The zero-order valence-corrected chi connectivity index (χ0v) is 17.6. The van der Waals surface area contributed by atoms with E-state index < -0.39 is 0 Å². The summed E-state index contributed by atoms with van der Waals surface area (Å²) in [6, 6.07) is 0.804. The quantitative estimate of drug-likeness (QED) is 0.718. The lowest BCUT2D eigenvalue weighted by atomic mass is 9.94. The minimum atomic E-state index is -0.189. The lowest BCUT2D eigenvalue weighted by Gasteiger charge is -2.35. The molecule has 2 aromatic rings. The van der Waals surface area contributed by atoms with Crippen LogP contribution in [0.25, 0.3) is 11.2 Å². The second kappa shape index (κ2) is 8.94. The number of nitrogen functional groups attached to an aromatic ring is 1. The number of imidazole rings is 1. The van der Waals surface area contributed by atoms with E-state index in [1.54, 1.807) is 4.57 Å². The molecule has 0 aromatic carbocycles. The van der Waals surface area contributed by atoms with E-state index in [1.165, 1.54) is 19.4 Å². The van der Waals surface area contributed by atoms with Gasteiger partial charge in [-0.3, -0.25) is 4.57 Å². The Balaban J connectivity index is 1.77. The maximum Gasteiger partial charge on any atom is 0.327 e. The number of likely N-dealkylation sites (tertiary alicyclic amines) is 1. The van der Waals surface area contributed by atoms with E-state index in [-0.39, 0.29) is 23.6 Å². The van der Waals surface area contributed by atoms with Crippen LogP contribution in [0.1, 0.15) is 59.8 Å². The minimum Gasteiger partial charge on any atom is -0.460 e. The first-order chi connectivity index (χ1) is 13.4. The molecule has 3 rings (SSSR count). The van der Waals surface area contributed by atoms with Gasteiger partial charge in [-0.2, -0.15) is 9.97 Å². The SMILES string of the molecule is CCC[C@H](C)Oc1nc(N)c2[nH]c(=O)n(CCC3CCCN(C(C)C)C3)c2n1. The van der Waals surface area contributed by atoms with Gasteiger partial charge in [0.15, 0.2) is 11.5 Å². The van der Waals surface area contributed by atoms with E-state index >= 15 is 0 Å². The first kappa shape index (κ1) is 20.6. The summed E-state index contributed by atoms with van der Waals surface area (Å²) >= 11 is 0. The van der Waals surface area contributed by atoms with Gasteiger partial charge >= 0.3 is 11.7 Å². The molecule has 8 nitrogen and oxygen atoms in total. The molecule has 1 fully saturated rings. The van der Waals surface area contributed by atoms with Crippen molar-refractivity contribution < 1.29 is 4.74 Å². The average molecular weight is 391 g/mol. The summed E-state index contributed by atoms with van der Waals surface area (Å²) in [5.41, 5.74) is 6.90. The molecule has 8 heteroatoms. The van der Waals surface area contributed by atoms with Gasteiger partial charge in [0, 0.05) is 19.1 Å². The van der Waals surface area contributed by atoms with Crippen molar-refractivity contribution in [1.29, 1.82) is 0 Å². The Morgan fingerprint density at radius 1 is 1.32 bits per heavy atom. The highest BCUT2D eigenvalue weighted by Gasteiger charge is 2.22. The smallest absolute Gasteiger partial charge is 0.327 e. The number of H-pyrrole nitrogens is 1. The van der Waals surface area contributed by atoms with Crippen LogP contribution < -0.4 is 16.2 Å². The number of rotatable bonds is 8. The first-order valence-corrected chi connectivity index (χ1v) is 10.6. The molecule has 0 radical (unpaired) electrons. The highest BCUT2D eigenvalue weighted by Crippen LogP contribution is 2.23. The molecule has 3 heterocycles. The average Bonchev–Trinajstić information content (AvgIpc) is 2.96. The molecular weight excluding hydrogens is 356 g/mol. The largest absolute Gasteiger partial charge is 0.460 e. The number of nitrogens with zero attached hydrogens (tertiary/aromatic N) is 4. The maximum atomic E-state index is 12.5. The number of aryl methyl sites for hydroxylation is 1. The third kappa shape index (κ3) is 4.66. The monoisotopic (exact) mass is 390 g/mol. The van der Waals surface area contributed by atoms with Gasteiger partial charge < -0.3 is 20.4 Å². The number of hydrogen-bond donors (Lipinski definition) is 2. The van der Waals surface area contributed by atoms with Gasteiger partial charge in [0.2, 0.25) is 0 Å². The Morgan fingerprint density at radius 2 is 2.11 bits per heavy atom. The zero-order chi connectivity index (χ0) is 20.3. The van der Waals surface area contributed by atoms with Gasteiger partial charge in [-0.15, -0.1) is 0 Å². The molecule has 0 saturated carbocycles. The Bertz CT molecular complexity index is 843. The molecule has 28 heavy (non-hydrogen) atoms. The van der Waals surface area contributed by atoms with Crippen LogP contribution in [-0.2, 0) is 6.54 Å². The van der Waals surface area contributed by atoms with E-state index in [1.807, 2.05) is 6.92 Å². The molecule has 3 N–H and O–H groups in total. The summed E-state index contributed by atoms with van der Waals surface area (Å²) < 4.78 is 7.48. The zero-order valence-electron chi connectivity index (χ0n) is 17.6. The Kier molecular flexibility index (Phi) is 6.59. The molecule has 2 atom stereocenters. The van der Waals surface area contributed by atoms with Crippen molar-refractivity contribution in [2.75, 3.05) is 18.8 Å². The van der Waals surface area contributed by atoms with Crippen LogP contribution >= 0.6 is 0 Å². The number of aromatic nitrogens is 4. The molecule has 0 bridgehead atoms. The van der Waals surface area contributed by atoms with Crippen molar-refractivity contribution in [3.63, 3.8) is 0 Å². The molecule has 0 spiro atoms. The molecule has 0 aliphatic carbocycles. The van der Waals surface area contributed by atoms with Crippen LogP contribution in [-0.4, -0.2) is 49.7 Å². The Morgan fingerprint density at radius 3 is 2.82 bits per heavy atom. The maximum absolute atomic E-state index is 12.5. The molecule has 1 saturated heterocycles. The van der Waals surface area contributed by atoms with Gasteiger partial charge in [0.1, 0.15) is 5.52 Å². The van der Waals surface area contributed by atoms with Crippen molar-refractivity contribution in [2.24, 2.45) is 5.92 Å². The summed E-state index contributed by atoms with van der Waals surface area (Å²) in [6.07, 6.45) is 5.31. The van der Waals surface area contributed by atoms with Crippen molar-refractivity contribution in [3.8, 4) is 6.01 Å². The van der Waals surface area contributed by atoms with Crippen molar-refractivity contribution in [2.45, 2.75) is 78.5 Å². The summed E-state index contributed by atoms with van der Waals surface area (Å²) in [5, 5.41) is 0. The van der Waals surface area contributed by atoms with Crippen LogP contribution in [0.5, 0.6) is 6.01 Å². The third-order valence-electron chi connectivity index (χ3n) is 5.67. The topological polar surface area (TPSA) is 102 Å². The summed E-state index contributed by atoms with van der Waals surface area (Å²) in [6.45, 7) is 11.5. The lowest BCUT2D eigenvalue weighted by Crippen LogP contribution is -2.40. The van der Waals surface area contributed by atoms with E-state index in [2.05, 4.69) is 40.6 Å². The summed E-state index contributed by atoms with van der Waals surface area (Å²) in [5.74, 6) is 0.843. The number of piperidine rings is 1. The second-order valence-corrected chi connectivity index (χ2v) is 8.27. The summed E-state index contributed by atoms with van der Waals surface area (Å²) in [7, 11) is 0. The normalized spacial score (nSPS) is 19.4. The fourth-order valence-corrected chi connectivity index (χ4v) is 4.05. The van der Waals surface area contributed by atoms with Crippen LogP contribution in [0.2, 0.25) is 0 Å². The van der Waals surface area contributed by atoms with Crippen molar-refractivity contribution in [3.05, 3.63) is 10.5 Å². The molecule has 1 aliphatic heterocycles. The number of anilines is 1. The van der Waals surface area contributed by atoms with Gasteiger partial charge in [-0.25, -0.2) is 4.79 Å². The predicted molar refractivity (Wildman–Crippen MR) is 112 cm³/mol. The molecule has 2 aromatic heterocycles. The highest BCUT2D eigenvalue weighted by molar-refractivity contribution is 5.81. The fraction of sp³-hybridized carbons (Fsp3) is 0.750. The van der Waals surface area contributed by atoms with Crippen LogP contribution in [0, 0.1) is 5.92 Å². The van der Waals surface area contributed by atoms with E-state index in [4.69, 9.17) is 10.5 Å². The van der Waals surface area contributed by atoms with Gasteiger partial charge in [0.25, 0.3) is 0 Å². The van der Waals surface area contributed by atoms with Crippen LogP contribution in [0.3, 0.4) is 0 Å². The predicted octanol–water partition coefficient (Wildman–Crippen LogP) is 2.78. The van der Waals surface area contributed by atoms with Crippen LogP contribution in [0.4, 0.5) is 5.82 Å². The molecule has 1 unspecified atom stereocenters. The minimum absolute atomic E-state index is 0.00483. The Labute approximate surface area is 166 Å². The fourth-order valence-electron chi connectivity index (χ4n) is 4.05. The van der Waals surface area contributed by atoms with E-state index in [0.29, 0.717) is 29.7 Å². The second-order valence-electron chi connectivity index (χ2n) is 8.27. The van der Waals surface area contributed by atoms with Gasteiger partial charge in [-0.1, -0.05) is 13.3 Å². The number of nitrogens with two attached hydrogens (primary N) is 1. The van der Waals surface area contributed by atoms with Crippen LogP contribution in [0.15, 0.2) is 4.79 Å². The van der Waals surface area contributed by atoms with Crippen molar-refractivity contribution >= 4 is 17.0 Å². The number of nitrogens with one attached hydrogen (secondary N) is 1.